The topological polar surface area (TPSA) is 702 Å². The highest BCUT2D eigenvalue weighted by molar-refractivity contribution is 6.02. The fraction of sp³-hybridized carbons (Fsp3) is 0.611. The number of esters is 1. The van der Waals surface area contributed by atoms with Gasteiger partial charge in [0.25, 0.3) is 0 Å². The van der Waals surface area contributed by atoms with Crippen molar-refractivity contribution >= 4 is 129 Å². The number of rotatable bonds is 37. The predicted molar refractivity (Wildman–Crippen MR) is 403 cm³/mol. The number of fused-ring (bicyclic) bond motifs is 1. The molecule has 1 aliphatic heterocycles. The number of unbranched alkanes of at least 4 members (excludes halogenated alkanes) is 4. The summed E-state index contributed by atoms with van der Waals surface area (Å²) in [5.74, 6) is -29.1. The molecule has 0 spiro atoms. The summed E-state index contributed by atoms with van der Waals surface area (Å²) in [6.45, 7) is 6.60. The van der Waals surface area contributed by atoms with Gasteiger partial charge < -0.3 is 126 Å². The number of aliphatic carboxylic acids is 4. The number of hydrogen-bond acceptors (Lipinski definition) is 24. The Morgan fingerprint density at radius 1 is 0.621 bits per heavy atom. The van der Waals surface area contributed by atoms with Crippen molar-refractivity contribution in [3.8, 4) is 0 Å². The Morgan fingerprint density at radius 3 is 1.78 bits per heavy atom. The first-order valence-electron chi connectivity index (χ1n) is 37.5. The second kappa shape index (κ2) is 49.0. The Balaban J connectivity index is 2.28. The van der Waals surface area contributed by atoms with Crippen LogP contribution in [0, 0.1) is 11.8 Å². The molecule has 0 bridgehead atoms. The Bertz CT molecular complexity index is 3850. The average Bonchev–Trinajstić information content (AvgIpc) is 1.47. The van der Waals surface area contributed by atoms with Crippen LogP contribution in [0.2, 0.25) is 0 Å². The highest BCUT2D eigenvalue weighted by Gasteiger charge is 2.44. The summed E-state index contributed by atoms with van der Waals surface area (Å²) in [7, 11) is 1.70. The molecule has 1 aromatic heterocycles. The molecule has 15 amide bonds. The van der Waals surface area contributed by atoms with Crippen molar-refractivity contribution in [3.63, 3.8) is 0 Å². The zero-order valence-corrected chi connectivity index (χ0v) is 65.7. The van der Waals surface area contributed by atoms with Crippen LogP contribution < -0.4 is 81.0 Å². The van der Waals surface area contributed by atoms with Crippen molar-refractivity contribution in [1.29, 1.82) is 0 Å². The lowest BCUT2D eigenvalue weighted by Gasteiger charge is -2.32. The van der Waals surface area contributed by atoms with Crippen LogP contribution >= 0.6 is 0 Å². The standard InChI is InChI=1S/C72H109N17O27/c1-9-35(4)54-72(114)116-37(6)55(86-69(110)56(58(100)60(75)101)87-64(105)43(24-26-52(96)97)82-65(106)44(28-38-31-76-40-20-15-14-19-39(38)40)79-48(91)22-13-11-10-12-18-34(2)3)70(111)89(7)33-50(93)78-36(5)61(102)84-46(30-53(98)99)67(108)81-41(21-16-17-27-73)62(103)88-57(59(115-8)71(112)113)68(109)77-32-49(92)80-45(29-47(74)90)66(107)83-42(63(104)85-54)23-25-51(94)95/h14-15,19-20,31,34-37,41-46,54-59,76,100H,9-13,16-18,21-30,32-33,73H2,1-8H3,(H2,74,90)(H2,75,101)(H,77,109)(H,78,93)(H,79,91)(H,80,92)(H,81,108)(H,82,106)(H,83,107)(H,84,102)(H,85,104)(H,86,110)(H,87,105)(H,88,103)(H,94,95)(H,96,97)(H,98,99)(H,112,113)/t35-,36-,37+,41+,42?,43+,44-,45+,46-,54-,55-,56-,57-,58+,59+/m0/s1. The van der Waals surface area contributed by atoms with Gasteiger partial charge in [0.2, 0.25) is 88.6 Å². The van der Waals surface area contributed by atoms with Crippen LogP contribution in [0.4, 0.5) is 0 Å². The number of amides is 15. The molecular weight excluding hydrogens is 1530 g/mol. The number of carboxylic acid groups (broad SMARTS) is 4. The molecular formula is C72H109N17O27. The Kier molecular flexibility index (Phi) is 41.5. The van der Waals surface area contributed by atoms with Crippen LogP contribution in [-0.4, -0.2) is 272 Å². The van der Waals surface area contributed by atoms with Crippen LogP contribution in [0.5, 0.6) is 0 Å². The molecule has 3 rings (SSSR count). The maximum atomic E-state index is 15.0. The van der Waals surface area contributed by atoms with Gasteiger partial charge in [-0.1, -0.05) is 78.0 Å². The van der Waals surface area contributed by atoms with Crippen molar-refractivity contribution in [2.24, 2.45) is 29.0 Å². The normalized spacial score (nSPS) is 21.9. The van der Waals surface area contributed by atoms with E-state index in [1.54, 1.807) is 30.5 Å². The minimum atomic E-state index is -2.80. The molecule has 2 aromatic rings. The first kappa shape index (κ1) is 98.2. The monoisotopic (exact) mass is 1640 g/mol. The van der Waals surface area contributed by atoms with E-state index in [1.165, 1.54) is 13.8 Å². The number of cyclic esters (lactones) is 1. The van der Waals surface area contributed by atoms with Gasteiger partial charge in [-0.15, -0.1) is 0 Å². The number of carbonyl (C=O) groups is 20. The van der Waals surface area contributed by atoms with Crippen LogP contribution in [-0.2, 0) is 112 Å². The number of aliphatic hydroxyl groups is 1. The number of primary amides is 2. The Morgan fingerprint density at radius 2 is 1.21 bits per heavy atom. The number of nitrogens with two attached hydrogens (primary N) is 3. The summed E-state index contributed by atoms with van der Waals surface area (Å²) in [5, 5.41) is 78.0. The molecule has 1 unspecified atom stereocenters. The summed E-state index contributed by atoms with van der Waals surface area (Å²) in [6, 6.07) is -15.7. The largest absolute Gasteiger partial charge is 0.481 e. The fourth-order valence-electron chi connectivity index (χ4n) is 11.8. The number of H-pyrrole nitrogens is 1. The molecule has 15 atom stereocenters. The van der Waals surface area contributed by atoms with Crippen LogP contribution in [0.25, 0.3) is 10.9 Å². The number of nitrogens with zero attached hydrogens (tertiary/aromatic N) is 1. The van der Waals surface area contributed by atoms with Crippen molar-refractivity contribution in [3.05, 3.63) is 36.0 Å². The van der Waals surface area contributed by atoms with Gasteiger partial charge in [-0.25, -0.2) is 9.59 Å². The molecule has 644 valence electrons. The van der Waals surface area contributed by atoms with Gasteiger partial charge >= 0.3 is 29.8 Å². The minimum absolute atomic E-state index is 0.00538. The number of ether oxygens (including phenoxy) is 2. The van der Waals surface area contributed by atoms with E-state index in [0.29, 0.717) is 40.1 Å². The molecule has 44 heteroatoms. The average molecular weight is 1640 g/mol. The SMILES string of the molecule is CC[C@H](C)[C@@H]1NC(=O)C(CCC(=O)O)NC(=O)[C@@H](CC(N)=O)NC(=O)CNC(=O)[C@H]([C@@H](OC)C(=O)O)NC(=O)[C@@H](CCCCN)NC(=O)[C@H](CC(=O)O)NC(=O)[C@H](C)NC(=O)CN(C)C(=O)[C@@H](NC(=O)[C@@H](NC(=O)[C@@H](CCC(=O)O)NC(=O)[C@H](Cc2c[nH]c3ccccc23)NC(=O)CCCCCCC(C)C)[C@@H](O)C(N)=O)[C@@H](C)OC1=O. The Hall–Kier alpha value is -12.0. The van der Waals surface area contributed by atoms with Gasteiger partial charge in [-0.3, -0.25) is 86.3 Å². The van der Waals surface area contributed by atoms with Crippen LogP contribution in [0.1, 0.15) is 150 Å². The maximum absolute atomic E-state index is 15.0. The molecule has 0 radical (unpaired) electrons. The van der Waals surface area contributed by atoms with Crippen molar-refractivity contribution in [2.45, 2.75) is 235 Å². The van der Waals surface area contributed by atoms with E-state index in [9.17, 15) is 121 Å². The second-order valence-electron chi connectivity index (χ2n) is 28.3. The quantitative estimate of drug-likeness (QED) is 0.0221. The van der Waals surface area contributed by atoms with E-state index in [4.69, 9.17) is 26.7 Å². The van der Waals surface area contributed by atoms with Crippen LogP contribution in [0.15, 0.2) is 30.5 Å². The summed E-state index contributed by atoms with van der Waals surface area (Å²) in [4.78, 5) is 277. The van der Waals surface area contributed by atoms with E-state index in [0.717, 1.165) is 47.3 Å². The number of carbonyl (C=O) groups excluding carboxylic acids is 16. The fourth-order valence-corrected chi connectivity index (χ4v) is 11.8. The molecule has 1 aromatic carbocycles. The molecule has 2 heterocycles. The van der Waals surface area contributed by atoms with Gasteiger partial charge in [0.05, 0.1) is 25.9 Å². The number of aromatic nitrogens is 1. The summed E-state index contributed by atoms with van der Waals surface area (Å²) < 4.78 is 10.7. The molecule has 116 heavy (non-hydrogen) atoms. The van der Waals surface area contributed by atoms with Crippen LogP contribution in [0.3, 0.4) is 0 Å². The maximum Gasteiger partial charge on any atom is 0.335 e. The van der Waals surface area contributed by atoms with E-state index in [1.807, 2.05) is 10.6 Å². The van der Waals surface area contributed by atoms with Gasteiger partial charge in [0.1, 0.15) is 72.6 Å². The number of hydrogen-bond donors (Lipinski definition) is 21. The highest BCUT2D eigenvalue weighted by atomic mass is 16.5. The third-order valence-corrected chi connectivity index (χ3v) is 18.5. The first-order chi connectivity index (χ1) is 54.5. The van der Waals surface area contributed by atoms with Crippen molar-refractivity contribution < 1.29 is 131 Å². The number of aliphatic hydroxyl groups excluding tert-OH is 1. The number of methoxy groups -OCH3 is 1. The second-order valence-corrected chi connectivity index (χ2v) is 28.3. The lowest BCUT2D eigenvalue weighted by molar-refractivity contribution is -0.159. The highest BCUT2D eigenvalue weighted by Crippen LogP contribution is 2.21. The third-order valence-electron chi connectivity index (χ3n) is 18.5. The smallest absolute Gasteiger partial charge is 0.335 e. The first-order valence-corrected chi connectivity index (χ1v) is 37.5. The summed E-state index contributed by atoms with van der Waals surface area (Å²) in [6.07, 6.45) is -7.97. The van der Waals surface area contributed by atoms with Crippen molar-refractivity contribution in [2.75, 3.05) is 33.8 Å². The Labute approximate surface area is 665 Å². The molecule has 24 N–H and O–H groups in total. The molecule has 1 aliphatic rings. The number of carboxylic acids is 4. The lowest BCUT2D eigenvalue weighted by atomic mass is 9.98. The molecule has 1 saturated heterocycles. The molecule has 0 saturated carbocycles. The zero-order valence-electron chi connectivity index (χ0n) is 65.7. The van der Waals surface area contributed by atoms with Gasteiger partial charge in [0.15, 0.2) is 12.2 Å². The predicted octanol–water partition coefficient (Wildman–Crippen LogP) is -6.22. The van der Waals surface area contributed by atoms with Gasteiger partial charge in [0, 0.05) is 56.9 Å². The van der Waals surface area contributed by atoms with E-state index in [2.05, 4.69) is 72.0 Å². The van der Waals surface area contributed by atoms with Gasteiger partial charge in [-0.2, -0.15) is 0 Å². The number of nitrogens with one attached hydrogen (secondary N) is 13. The van der Waals surface area contributed by atoms with E-state index < -0.39 is 261 Å². The lowest BCUT2D eigenvalue weighted by Crippen LogP contribution is -2.64. The molecule has 1 fully saturated rings. The van der Waals surface area contributed by atoms with Gasteiger partial charge in [-0.05, 0) is 82.4 Å². The number of aromatic amines is 1. The van der Waals surface area contributed by atoms with E-state index >= 15 is 0 Å². The van der Waals surface area contributed by atoms with Crippen molar-refractivity contribution in [1.82, 2.24) is 73.7 Å². The number of benzene rings is 1. The summed E-state index contributed by atoms with van der Waals surface area (Å²) in [5.41, 5.74) is 17.7. The third kappa shape index (κ3) is 33.2. The molecule has 0 aliphatic carbocycles. The number of para-hydroxylation sites is 1. The zero-order chi connectivity index (χ0) is 87.4. The number of likely N-dealkylation sites (N-methyl/N-ethyl adjacent to an activating group) is 1. The summed E-state index contributed by atoms with van der Waals surface area (Å²) >= 11 is 0. The minimum Gasteiger partial charge on any atom is -0.481 e. The van der Waals surface area contributed by atoms with E-state index in [-0.39, 0.29) is 45.1 Å². The molecule has 44 nitrogen and oxygen atoms in total.